The molecule has 0 saturated heterocycles. The Hall–Kier alpha value is -3.49. The molecule has 35 heavy (non-hydrogen) atoms. The molecule has 1 atom stereocenters. The number of nitrogens with zero attached hydrogens (tertiary/aromatic N) is 2. The van der Waals surface area contributed by atoms with Crippen molar-refractivity contribution in [3.63, 3.8) is 0 Å². The predicted molar refractivity (Wildman–Crippen MR) is 136 cm³/mol. The Morgan fingerprint density at radius 1 is 1.23 bits per heavy atom. The van der Waals surface area contributed by atoms with Crippen LogP contribution in [0.15, 0.2) is 52.9 Å². The minimum atomic E-state index is -0.746. The summed E-state index contributed by atoms with van der Waals surface area (Å²) in [7, 11) is 0. The van der Waals surface area contributed by atoms with Gasteiger partial charge in [-0.3, -0.25) is 9.59 Å². The second kappa shape index (κ2) is 14.7. The number of nitrogens with one attached hydrogen (secondary N) is 1. The smallest absolute Gasteiger partial charge is 0.263 e. The van der Waals surface area contributed by atoms with Gasteiger partial charge in [0.15, 0.2) is 0 Å². The average Bonchev–Trinajstić information content (AvgIpc) is 2.87. The molecule has 0 bridgehead atoms. The number of amides is 1. The molecule has 1 aromatic carbocycles. The summed E-state index contributed by atoms with van der Waals surface area (Å²) >= 11 is 0. The van der Waals surface area contributed by atoms with Crippen molar-refractivity contribution >= 4 is 11.6 Å². The normalized spacial score (nSPS) is 15.4. The Morgan fingerprint density at radius 3 is 2.43 bits per heavy atom. The zero-order valence-electron chi connectivity index (χ0n) is 21.2. The van der Waals surface area contributed by atoms with Crippen LogP contribution >= 0.6 is 0 Å². The Bertz CT molecular complexity index is 1070. The Kier molecular flexibility index (Phi) is 12.4. The molecule has 3 rings (SSSR count). The molecule has 0 radical (unpaired) electrons. The van der Waals surface area contributed by atoms with Crippen LogP contribution in [0, 0.1) is 17.6 Å². The summed E-state index contributed by atoms with van der Waals surface area (Å²) in [4.78, 5) is 32.5. The van der Waals surface area contributed by atoms with E-state index in [0.717, 1.165) is 25.0 Å². The van der Waals surface area contributed by atoms with E-state index >= 15 is 0 Å². The first-order valence-corrected chi connectivity index (χ1v) is 12.1. The lowest BCUT2D eigenvalue weighted by Crippen LogP contribution is -2.40. The van der Waals surface area contributed by atoms with Crippen molar-refractivity contribution < 1.29 is 13.6 Å². The Morgan fingerprint density at radius 2 is 1.86 bits per heavy atom. The summed E-state index contributed by atoms with van der Waals surface area (Å²) in [5.74, 6) is -2.09. The lowest BCUT2D eigenvalue weighted by atomic mass is 9.86. The standard InChI is InChI=1S/C22H25F2N5O2.2C2H6/c1-2-29(22(31)15-10-27-12-28-21(15)30)11-14-6-3-5-13(20(14)26)9-18(25)19-16(23)7-4-8-17(19)24;2*1-2/h4,7-10,12,14H,2-3,5-6,11,25-26H2,1H3,(H,27,28,30);2*1-2H3/b18-9-;;. The minimum absolute atomic E-state index is 0.0397. The van der Waals surface area contributed by atoms with Crippen molar-refractivity contribution in [1.82, 2.24) is 14.9 Å². The third-order valence-electron chi connectivity index (χ3n) is 5.45. The lowest BCUT2D eigenvalue weighted by Gasteiger charge is -2.30. The van der Waals surface area contributed by atoms with Crippen LogP contribution in [0.1, 0.15) is 69.8 Å². The molecule has 192 valence electrons. The van der Waals surface area contributed by atoms with Crippen LogP contribution in [-0.4, -0.2) is 33.9 Å². The van der Waals surface area contributed by atoms with Gasteiger partial charge in [-0.1, -0.05) is 33.8 Å². The van der Waals surface area contributed by atoms with Gasteiger partial charge in [0.05, 0.1) is 11.9 Å². The van der Waals surface area contributed by atoms with Crippen LogP contribution in [0.3, 0.4) is 0 Å². The van der Waals surface area contributed by atoms with E-state index in [1.165, 1.54) is 29.6 Å². The zero-order chi connectivity index (χ0) is 26.5. The summed E-state index contributed by atoms with van der Waals surface area (Å²) in [5.41, 5.74) is 12.7. The maximum absolute atomic E-state index is 14.0. The lowest BCUT2D eigenvalue weighted by molar-refractivity contribution is 0.0739. The van der Waals surface area contributed by atoms with Gasteiger partial charge >= 0.3 is 0 Å². The van der Waals surface area contributed by atoms with E-state index in [2.05, 4.69) is 9.97 Å². The monoisotopic (exact) mass is 489 g/mol. The van der Waals surface area contributed by atoms with Gasteiger partial charge in [0, 0.05) is 36.6 Å². The fourth-order valence-corrected chi connectivity index (χ4v) is 3.77. The number of halogens is 2. The van der Waals surface area contributed by atoms with Gasteiger partial charge in [0.25, 0.3) is 11.5 Å². The maximum Gasteiger partial charge on any atom is 0.263 e. The van der Waals surface area contributed by atoms with Gasteiger partial charge in [-0.25, -0.2) is 13.8 Å². The third kappa shape index (κ3) is 7.50. The number of carbonyl (C=O) groups is 1. The molecule has 1 aliphatic carbocycles. The van der Waals surface area contributed by atoms with E-state index in [0.29, 0.717) is 30.8 Å². The number of H-pyrrole nitrogens is 1. The zero-order valence-corrected chi connectivity index (χ0v) is 21.2. The van der Waals surface area contributed by atoms with E-state index in [9.17, 15) is 18.4 Å². The van der Waals surface area contributed by atoms with Crippen LogP contribution < -0.4 is 17.0 Å². The molecule has 1 aromatic heterocycles. The van der Waals surface area contributed by atoms with Crippen LogP contribution in [0.5, 0.6) is 0 Å². The molecule has 9 heteroatoms. The van der Waals surface area contributed by atoms with Crippen LogP contribution in [0.2, 0.25) is 0 Å². The first-order chi connectivity index (χ1) is 16.8. The van der Waals surface area contributed by atoms with Crippen LogP contribution in [0.4, 0.5) is 8.78 Å². The summed E-state index contributed by atoms with van der Waals surface area (Å²) < 4.78 is 28.1. The number of carbonyl (C=O) groups excluding carboxylic acids is 1. The fraction of sp³-hybridized carbons (Fsp3) is 0.423. The molecule has 0 aliphatic heterocycles. The van der Waals surface area contributed by atoms with Gasteiger partial charge in [-0.05, 0) is 50.0 Å². The molecule has 0 fully saturated rings. The van der Waals surface area contributed by atoms with Crippen molar-refractivity contribution in [3.05, 3.63) is 81.2 Å². The second-order valence-electron chi connectivity index (χ2n) is 7.40. The number of benzene rings is 1. The van der Waals surface area contributed by atoms with Crippen molar-refractivity contribution in [2.45, 2.75) is 53.9 Å². The number of hydrogen-bond donors (Lipinski definition) is 3. The summed E-state index contributed by atoms with van der Waals surface area (Å²) in [6, 6.07) is 3.56. The molecular weight excluding hydrogens is 452 g/mol. The van der Waals surface area contributed by atoms with E-state index in [-0.39, 0.29) is 22.7 Å². The van der Waals surface area contributed by atoms with E-state index < -0.39 is 23.1 Å². The number of nitrogens with two attached hydrogens (primary N) is 2. The molecule has 1 heterocycles. The summed E-state index contributed by atoms with van der Waals surface area (Å²) in [6.45, 7) is 10.5. The Balaban J connectivity index is 0.00000145. The first-order valence-electron chi connectivity index (χ1n) is 12.1. The van der Waals surface area contributed by atoms with Gasteiger partial charge < -0.3 is 21.4 Å². The van der Waals surface area contributed by atoms with Crippen molar-refractivity contribution in [3.8, 4) is 0 Å². The van der Waals surface area contributed by atoms with Gasteiger partial charge in [-0.2, -0.15) is 0 Å². The molecule has 0 spiro atoms. The van der Waals surface area contributed by atoms with Gasteiger partial charge in [-0.15, -0.1) is 0 Å². The summed E-state index contributed by atoms with van der Waals surface area (Å²) in [5, 5.41) is 0. The number of aromatic nitrogens is 2. The van der Waals surface area contributed by atoms with Crippen LogP contribution in [0.25, 0.3) is 5.70 Å². The molecular formula is C26H37F2N5O2. The van der Waals surface area contributed by atoms with Crippen molar-refractivity contribution in [1.29, 1.82) is 0 Å². The van der Waals surface area contributed by atoms with Crippen LogP contribution in [-0.2, 0) is 0 Å². The average molecular weight is 490 g/mol. The topological polar surface area (TPSA) is 118 Å². The molecule has 2 aromatic rings. The van der Waals surface area contributed by atoms with Crippen molar-refractivity contribution in [2.24, 2.45) is 17.4 Å². The molecule has 1 unspecified atom stereocenters. The second-order valence-corrected chi connectivity index (χ2v) is 7.40. The molecule has 7 nitrogen and oxygen atoms in total. The van der Waals surface area contributed by atoms with E-state index in [1.54, 1.807) is 0 Å². The SMILES string of the molecule is CC.CC.CCN(CC1CCCC(/C=C(\N)c2c(F)cccc2F)=C1N)C(=O)c1cnc[nH]c1=O. The fourth-order valence-electron chi connectivity index (χ4n) is 3.77. The third-order valence-corrected chi connectivity index (χ3v) is 5.45. The number of aromatic amines is 1. The highest BCUT2D eigenvalue weighted by atomic mass is 19.1. The quantitative estimate of drug-likeness (QED) is 0.549. The highest BCUT2D eigenvalue weighted by molar-refractivity contribution is 5.93. The number of rotatable bonds is 6. The number of allylic oxidation sites excluding steroid dienone is 2. The minimum Gasteiger partial charge on any atom is -0.402 e. The van der Waals surface area contributed by atoms with E-state index in [4.69, 9.17) is 11.5 Å². The molecule has 0 saturated carbocycles. The maximum atomic E-state index is 14.0. The predicted octanol–water partition coefficient (Wildman–Crippen LogP) is 4.58. The molecule has 5 N–H and O–H groups in total. The van der Waals surface area contributed by atoms with Gasteiger partial charge in [0.2, 0.25) is 0 Å². The Labute approximate surface area is 205 Å². The highest BCUT2D eigenvalue weighted by Crippen LogP contribution is 2.30. The number of hydrogen-bond acceptors (Lipinski definition) is 5. The van der Waals surface area contributed by atoms with E-state index in [1.807, 2.05) is 34.6 Å². The summed E-state index contributed by atoms with van der Waals surface area (Å²) in [6.07, 6.45) is 6.10. The molecule has 1 aliphatic rings. The van der Waals surface area contributed by atoms with Crippen molar-refractivity contribution in [2.75, 3.05) is 13.1 Å². The first kappa shape index (κ1) is 29.5. The molecule has 1 amide bonds. The highest BCUT2D eigenvalue weighted by Gasteiger charge is 2.26. The largest absolute Gasteiger partial charge is 0.402 e. The van der Waals surface area contributed by atoms with Gasteiger partial charge in [0.1, 0.15) is 17.2 Å².